The lowest BCUT2D eigenvalue weighted by atomic mass is 10.1. The van der Waals surface area contributed by atoms with Crippen LogP contribution in [-0.4, -0.2) is 44.2 Å². The molecule has 1 rings (SSSR count). The van der Waals surface area contributed by atoms with Gasteiger partial charge >= 0.3 is 6.61 Å². The quantitative estimate of drug-likeness (QED) is 0.283. The second-order valence-corrected chi connectivity index (χ2v) is 6.70. The molecule has 0 bridgehead atoms. The van der Waals surface area contributed by atoms with E-state index in [1.807, 2.05) is 27.7 Å². The number of rotatable bonds is 8. The predicted molar refractivity (Wildman–Crippen MR) is 116 cm³/mol. The number of aliphatic imine (C=N–C) groups is 1. The van der Waals surface area contributed by atoms with Crippen molar-refractivity contribution in [2.75, 3.05) is 20.2 Å². The molecular weight excluding hydrogens is 485 g/mol. The van der Waals surface area contributed by atoms with Crippen molar-refractivity contribution in [3.05, 3.63) is 23.8 Å². The van der Waals surface area contributed by atoms with E-state index in [9.17, 15) is 13.6 Å². The number of nitrogens with zero attached hydrogens (tertiary/aromatic N) is 1. The van der Waals surface area contributed by atoms with Gasteiger partial charge in [0.25, 0.3) is 0 Å². The third-order valence-electron chi connectivity index (χ3n) is 3.17. The summed E-state index contributed by atoms with van der Waals surface area (Å²) in [6.45, 7) is 5.29. The zero-order valence-corrected chi connectivity index (χ0v) is 19.1. The van der Waals surface area contributed by atoms with E-state index in [1.54, 1.807) is 12.1 Å². The summed E-state index contributed by atoms with van der Waals surface area (Å²) in [5.41, 5.74) is 0.131. The van der Waals surface area contributed by atoms with Crippen LogP contribution in [0.2, 0.25) is 0 Å². The fourth-order valence-electron chi connectivity index (χ4n) is 2.13. The van der Waals surface area contributed by atoms with Gasteiger partial charge in [-0.15, -0.1) is 24.0 Å². The van der Waals surface area contributed by atoms with Crippen molar-refractivity contribution in [2.45, 2.75) is 46.4 Å². The number of benzene rings is 1. The summed E-state index contributed by atoms with van der Waals surface area (Å²) in [7, 11) is 1.44. The first kappa shape index (κ1) is 26.1. The zero-order chi connectivity index (χ0) is 20.4. The third-order valence-corrected chi connectivity index (χ3v) is 3.17. The molecule has 0 fully saturated rings. The van der Waals surface area contributed by atoms with Crippen LogP contribution in [-0.2, 0) is 11.3 Å². The number of amides is 1. The Kier molecular flexibility index (Phi) is 11.7. The monoisotopic (exact) mass is 514 g/mol. The molecule has 0 radical (unpaired) electrons. The fourth-order valence-corrected chi connectivity index (χ4v) is 2.13. The number of methoxy groups -OCH3 is 1. The summed E-state index contributed by atoms with van der Waals surface area (Å²) in [6, 6.07) is 4.63. The number of halogens is 3. The first-order chi connectivity index (χ1) is 12.6. The van der Waals surface area contributed by atoms with Crippen LogP contribution in [0, 0.1) is 0 Å². The first-order valence-electron chi connectivity index (χ1n) is 8.59. The fraction of sp³-hybridized carbons (Fsp3) is 0.556. The van der Waals surface area contributed by atoms with Crippen molar-refractivity contribution in [1.29, 1.82) is 0 Å². The Hall–Kier alpha value is -1.85. The number of carbonyl (C=O) groups excluding carboxylic acids is 1. The van der Waals surface area contributed by atoms with Crippen LogP contribution in [0.15, 0.2) is 23.2 Å². The molecule has 0 unspecified atom stereocenters. The molecule has 0 aromatic heterocycles. The van der Waals surface area contributed by atoms with Gasteiger partial charge in [0.05, 0.1) is 20.2 Å². The van der Waals surface area contributed by atoms with Crippen LogP contribution in [0.25, 0.3) is 0 Å². The lowest BCUT2D eigenvalue weighted by Gasteiger charge is -2.21. The van der Waals surface area contributed by atoms with Gasteiger partial charge in [-0.2, -0.15) is 8.78 Å². The maximum atomic E-state index is 12.6. The van der Waals surface area contributed by atoms with Gasteiger partial charge in [-0.3, -0.25) is 4.79 Å². The highest BCUT2D eigenvalue weighted by Crippen LogP contribution is 2.27. The number of nitrogens with one attached hydrogen (secondary N) is 3. The standard InChI is InChI=1S/C18H28F2N4O3.HI/c1-6-21-17(23-11-15(25)24-18(2,3)4)22-10-12-7-8-13(26-5)9-14(12)27-16(19)20;/h7-9,16H,6,10-11H2,1-5H3,(H,24,25)(H2,21,22,23);1H. The van der Waals surface area contributed by atoms with Gasteiger partial charge in [0.15, 0.2) is 5.96 Å². The molecule has 0 saturated heterocycles. The highest BCUT2D eigenvalue weighted by Gasteiger charge is 2.14. The first-order valence-corrected chi connectivity index (χ1v) is 8.59. The maximum absolute atomic E-state index is 12.6. The Balaban J connectivity index is 0.00000729. The number of alkyl halides is 2. The van der Waals surface area contributed by atoms with Crippen molar-refractivity contribution in [3.63, 3.8) is 0 Å². The van der Waals surface area contributed by atoms with Crippen LogP contribution in [0.1, 0.15) is 33.3 Å². The molecule has 0 atom stereocenters. The van der Waals surface area contributed by atoms with Crippen molar-refractivity contribution < 1.29 is 23.0 Å². The summed E-state index contributed by atoms with van der Waals surface area (Å²) in [4.78, 5) is 16.2. The third kappa shape index (κ3) is 10.5. The largest absolute Gasteiger partial charge is 0.497 e. The molecule has 1 amide bonds. The van der Waals surface area contributed by atoms with E-state index in [4.69, 9.17) is 4.74 Å². The van der Waals surface area contributed by atoms with Crippen LogP contribution in [0.3, 0.4) is 0 Å². The molecule has 0 aliphatic carbocycles. The molecule has 0 spiro atoms. The van der Waals surface area contributed by atoms with E-state index in [1.165, 1.54) is 13.2 Å². The Labute approximate surface area is 181 Å². The molecule has 28 heavy (non-hydrogen) atoms. The van der Waals surface area contributed by atoms with E-state index in [0.29, 0.717) is 23.8 Å². The zero-order valence-electron chi connectivity index (χ0n) is 16.8. The van der Waals surface area contributed by atoms with E-state index in [0.717, 1.165) is 0 Å². The second-order valence-electron chi connectivity index (χ2n) is 6.70. The molecule has 3 N–H and O–H groups in total. The van der Waals surface area contributed by atoms with E-state index in [-0.39, 0.29) is 54.3 Å². The molecule has 7 nitrogen and oxygen atoms in total. The summed E-state index contributed by atoms with van der Waals surface area (Å²) < 4.78 is 34.8. The average molecular weight is 514 g/mol. The Morgan fingerprint density at radius 3 is 2.46 bits per heavy atom. The second kappa shape index (κ2) is 12.6. The minimum absolute atomic E-state index is 0. The lowest BCUT2D eigenvalue weighted by Crippen LogP contribution is -2.48. The Bertz CT molecular complexity index is 652. The van der Waals surface area contributed by atoms with Gasteiger partial charge in [0, 0.05) is 23.7 Å². The van der Waals surface area contributed by atoms with Crippen molar-refractivity contribution in [2.24, 2.45) is 4.99 Å². The summed E-state index contributed by atoms with van der Waals surface area (Å²) >= 11 is 0. The van der Waals surface area contributed by atoms with Crippen molar-refractivity contribution in [1.82, 2.24) is 16.0 Å². The molecule has 0 heterocycles. The highest BCUT2D eigenvalue weighted by atomic mass is 127. The van der Waals surface area contributed by atoms with Crippen molar-refractivity contribution >= 4 is 35.8 Å². The Morgan fingerprint density at radius 2 is 1.93 bits per heavy atom. The molecule has 0 aliphatic heterocycles. The normalized spacial score (nSPS) is 11.5. The number of carbonyl (C=O) groups is 1. The minimum atomic E-state index is -2.95. The average Bonchev–Trinajstić information content (AvgIpc) is 2.56. The van der Waals surface area contributed by atoms with Crippen LogP contribution in [0.5, 0.6) is 11.5 Å². The lowest BCUT2D eigenvalue weighted by molar-refractivity contribution is -0.121. The van der Waals surface area contributed by atoms with E-state index in [2.05, 4.69) is 25.7 Å². The maximum Gasteiger partial charge on any atom is 0.387 e. The van der Waals surface area contributed by atoms with E-state index >= 15 is 0 Å². The molecule has 0 aliphatic rings. The topological polar surface area (TPSA) is 84.0 Å². The summed E-state index contributed by atoms with van der Waals surface area (Å²) in [5.74, 6) is 0.608. The van der Waals surface area contributed by atoms with Crippen molar-refractivity contribution in [3.8, 4) is 11.5 Å². The molecule has 0 saturated carbocycles. The molecule has 1 aromatic carbocycles. The number of hydrogen-bond acceptors (Lipinski definition) is 4. The minimum Gasteiger partial charge on any atom is -0.497 e. The summed E-state index contributed by atoms with van der Waals surface area (Å²) in [5, 5.41) is 8.74. The Morgan fingerprint density at radius 1 is 1.25 bits per heavy atom. The number of ether oxygens (including phenoxy) is 2. The van der Waals surface area contributed by atoms with Gasteiger partial charge in [-0.25, -0.2) is 4.99 Å². The van der Waals surface area contributed by atoms with Gasteiger partial charge in [-0.05, 0) is 39.8 Å². The SMILES string of the molecule is CCNC(=NCc1ccc(OC)cc1OC(F)F)NCC(=O)NC(C)(C)C.I. The van der Waals surface area contributed by atoms with Gasteiger partial charge < -0.3 is 25.4 Å². The number of guanidine groups is 1. The van der Waals surface area contributed by atoms with E-state index < -0.39 is 6.61 Å². The highest BCUT2D eigenvalue weighted by molar-refractivity contribution is 14.0. The predicted octanol–water partition coefficient (Wildman–Crippen LogP) is 2.88. The van der Waals surface area contributed by atoms with Gasteiger partial charge in [0.1, 0.15) is 11.5 Å². The van der Waals surface area contributed by atoms with Crippen LogP contribution < -0.4 is 25.4 Å². The van der Waals surface area contributed by atoms with Crippen LogP contribution in [0.4, 0.5) is 8.78 Å². The van der Waals surface area contributed by atoms with Crippen LogP contribution >= 0.6 is 24.0 Å². The van der Waals surface area contributed by atoms with Gasteiger partial charge in [0.2, 0.25) is 5.91 Å². The summed E-state index contributed by atoms with van der Waals surface area (Å²) in [6.07, 6.45) is 0. The molecule has 10 heteroatoms. The molecule has 1 aromatic rings. The number of hydrogen-bond donors (Lipinski definition) is 3. The van der Waals surface area contributed by atoms with Gasteiger partial charge in [-0.1, -0.05) is 0 Å². The molecular formula is C18H29F2IN4O3. The molecule has 160 valence electrons. The smallest absolute Gasteiger partial charge is 0.387 e.